The highest BCUT2D eigenvalue weighted by molar-refractivity contribution is 5.94. The van der Waals surface area contributed by atoms with Gasteiger partial charge in [-0.3, -0.25) is 9.59 Å². The van der Waals surface area contributed by atoms with Crippen LogP contribution >= 0.6 is 0 Å². The predicted octanol–water partition coefficient (Wildman–Crippen LogP) is 1.88. The fourth-order valence-corrected chi connectivity index (χ4v) is 4.71. The fourth-order valence-electron chi connectivity index (χ4n) is 4.71. The Morgan fingerprint density at radius 2 is 0.975 bits per heavy atom. The average molecular weight is 553 g/mol. The molecule has 40 heavy (non-hydrogen) atoms. The minimum absolute atomic E-state index is 0.250. The third-order valence-electron chi connectivity index (χ3n) is 7.06. The zero-order chi connectivity index (χ0) is 28.5. The molecule has 4 N–H and O–H groups in total. The molecule has 2 saturated heterocycles. The van der Waals surface area contributed by atoms with Crippen LogP contribution < -0.4 is 21.3 Å². The molecule has 2 aliphatic heterocycles. The largest absolute Gasteiger partial charge is 0.449 e. The number of anilines is 2. The van der Waals surface area contributed by atoms with Gasteiger partial charge in [0, 0.05) is 74.9 Å². The van der Waals surface area contributed by atoms with Crippen LogP contribution in [0.1, 0.15) is 33.6 Å². The number of hydrogen-bond acceptors (Lipinski definition) is 8. The highest BCUT2D eigenvalue weighted by atomic mass is 16.6. The topological polar surface area (TPSA) is 152 Å². The molecule has 12 heteroatoms. The van der Waals surface area contributed by atoms with Gasteiger partial charge in [0.05, 0.1) is 13.2 Å². The van der Waals surface area contributed by atoms with Gasteiger partial charge >= 0.3 is 12.2 Å². The first-order valence-corrected chi connectivity index (χ1v) is 13.4. The number of rotatable bonds is 9. The average Bonchev–Trinajstić information content (AvgIpc) is 2.99. The number of carbonyl (C=O) groups is 4. The molecule has 0 aromatic heterocycles. The summed E-state index contributed by atoms with van der Waals surface area (Å²) in [6, 6.07) is 14.3. The van der Waals surface area contributed by atoms with Gasteiger partial charge in [-0.25, -0.2) is 9.59 Å². The van der Waals surface area contributed by atoms with E-state index in [-0.39, 0.29) is 25.4 Å². The Kier molecular flexibility index (Phi) is 9.66. The fraction of sp³-hybridized carbons (Fsp3) is 0.429. The molecule has 4 amide bonds. The summed E-state index contributed by atoms with van der Waals surface area (Å²) in [4.78, 5) is 55.2. The number of ether oxygens (including phenoxy) is 2. The number of unbranched alkanes of at least 4 members (excludes halogenated alkanes) is 1. The lowest BCUT2D eigenvalue weighted by Crippen LogP contribution is -2.49. The minimum atomic E-state index is -0.470. The Hall–Kier alpha value is -4.48. The maximum atomic E-state index is 12.4. The number of benzene rings is 2. The van der Waals surface area contributed by atoms with Crippen LogP contribution in [0.5, 0.6) is 0 Å². The summed E-state index contributed by atoms with van der Waals surface area (Å²) in [7, 11) is 0. The van der Waals surface area contributed by atoms with Gasteiger partial charge in [0.1, 0.15) is 0 Å². The monoisotopic (exact) mass is 552 g/mol. The van der Waals surface area contributed by atoms with Crippen LogP contribution in [-0.4, -0.2) is 99.4 Å². The van der Waals surface area contributed by atoms with E-state index in [1.54, 1.807) is 46.2 Å². The third kappa shape index (κ3) is 7.55. The molecule has 0 unspecified atom stereocenters. The number of primary amides is 2. The van der Waals surface area contributed by atoms with E-state index in [1.807, 2.05) is 12.1 Å². The highest BCUT2D eigenvalue weighted by Crippen LogP contribution is 2.20. The quantitative estimate of drug-likeness (QED) is 0.448. The molecule has 4 rings (SSSR count). The van der Waals surface area contributed by atoms with Crippen molar-refractivity contribution in [1.29, 1.82) is 0 Å². The molecule has 0 saturated carbocycles. The molecule has 0 bridgehead atoms. The van der Waals surface area contributed by atoms with Crippen LogP contribution in [-0.2, 0) is 9.47 Å². The van der Waals surface area contributed by atoms with E-state index in [2.05, 4.69) is 9.80 Å². The summed E-state index contributed by atoms with van der Waals surface area (Å²) in [6.07, 6.45) is 0.453. The van der Waals surface area contributed by atoms with Gasteiger partial charge in [-0.1, -0.05) is 12.1 Å². The molecule has 12 nitrogen and oxygen atoms in total. The first-order valence-electron chi connectivity index (χ1n) is 13.4. The molecule has 2 heterocycles. The molecule has 0 atom stereocenters. The van der Waals surface area contributed by atoms with Gasteiger partial charge in [-0.2, -0.15) is 0 Å². The van der Waals surface area contributed by atoms with E-state index in [1.165, 1.54) is 0 Å². The molecular weight excluding hydrogens is 516 g/mol. The lowest BCUT2D eigenvalue weighted by Gasteiger charge is -2.35. The summed E-state index contributed by atoms with van der Waals surface area (Å²) >= 11 is 0. The Labute approximate surface area is 233 Å². The molecule has 2 aliphatic rings. The van der Waals surface area contributed by atoms with Crippen molar-refractivity contribution in [2.75, 3.05) is 75.4 Å². The summed E-state index contributed by atoms with van der Waals surface area (Å²) in [5.74, 6) is -0.939. The van der Waals surface area contributed by atoms with Crippen LogP contribution in [0.2, 0.25) is 0 Å². The van der Waals surface area contributed by atoms with E-state index in [0.717, 1.165) is 11.4 Å². The normalized spacial score (nSPS) is 15.5. The molecule has 0 spiro atoms. The smallest absolute Gasteiger partial charge is 0.409 e. The maximum Gasteiger partial charge on any atom is 0.409 e. The van der Waals surface area contributed by atoms with Crippen LogP contribution in [0, 0.1) is 0 Å². The van der Waals surface area contributed by atoms with Crippen LogP contribution in [0.25, 0.3) is 0 Å². The summed E-state index contributed by atoms with van der Waals surface area (Å²) in [5.41, 5.74) is 13.4. The van der Waals surface area contributed by atoms with Gasteiger partial charge in [0.25, 0.3) is 0 Å². The summed E-state index contributed by atoms with van der Waals surface area (Å²) < 4.78 is 10.8. The van der Waals surface area contributed by atoms with Crippen molar-refractivity contribution in [1.82, 2.24) is 9.80 Å². The third-order valence-corrected chi connectivity index (χ3v) is 7.06. The van der Waals surface area contributed by atoms with Crippen molar-refractivity contribution in [2.24, 2.45) is 11.5 Å². The van der Waals surface area contributed by atoms with E-state index < -0.39 is 11.8 Å². The van der Waals surface area contributed by atoms with Gasteiger partial charge in [-0.05, 0) is 49.2 Å². The van der Waals surface area contributed by atoms with E-state index in [9.17, 15) is 19.2 Å². The minimum Gasteiger partial charge on any atom is -0.449 e. The Bertz CT molecular complexity index is 1110. The highest BCUT2D eigenvalue weighted by Gasteiger charge is 2.24. The van der Waals surface area contributed by atoms with Gasteiger partial charge in [0.15, 0.2) is 0 Å². The van der Waals surface area contributed by atoms with Gasteiger partial charge in [-0.15, -0.1) is 0 Å². The zero-order valence-electron chi connectivity index (χ0n) is 22.5. The standard InChI is InChI=1S/C28H36N6O6/c29-25(35)21-5-3-7-23(19-21)31-9-13-33(14-10-31)27(37)39-17-1-2-18-40-28(38)34-15-11-32(12-16-34)24-8-4-6-22(20-24)26(30)36/h3-8,19-20H,1-2,9-18H2,(H2,29,35)(H2,30,36). The second kappa shape index (κ2) is 13.5. The second-order valence-electron chi connectivity index (χ2n) is 9.71. The SMILES string of the molecule is NC(=O)c1cccc(N2CCN(C(=O)OCCCCOC(=O)N3CCN(c4cccc(C(N)=O)c4)CC3)CC2)c1. The lowest BCUT2D eigenvalue weighted by molar-refractivity contribution is 0.0862. The number of piperazine rings is 2. The number of nitrogens with two attached hydrogens (primary N) is 2. The van der Waals surface area contributed by atoms with Crippen LogP contribution in [0.3, 0.4) is 0 Å². The van der Waals surface area contributed by atoms with Crippen molar-refractivity contribution in [2.45, 2.75) is 12.8 Å². The summed E-state index contributed by atoms with van der Waals surface area (Å²) in [6.45, 7) is 5.07. The van der Waals surface area contributed by atoms with Crippen LogP contribution in [0.15, 0.2) is 48.5 Å². The first-order chi connectivity index (χ1) is 19.3. The zero-order valence-corrected chi connectivity index (χ0v) is 22.5. The van der Waals surface area contributed by atoms with E-state index >= 15 is 0 Å². The molecule has 2 aromatic carbocycles. The van der Waals surface area contributed by atoms with E-state index in [0.29, 0.717) is 76.3 Å². The van der Waals surface area contributed by atoms with Crippen molar-refractivity contribution < 1.29 is 28.7 Å². The molecule has 0 aliphatic carbocycles. The molecule has 214 valence electrons. The molecule has 0 radical (unpaired) electrons. The van der Waals surface area contributed by atoms with Gasteiger partial charge < -0.3 is 40.5 Å². The summed E-state index contributed by atoms with van der Waals surface area (Å²) in [5, 5.41) is 0. The maximum absolute atomic E-state index is 12.4. The lowest BCUT2D eigenvalue weighted by atomic mass is 10.1. The second-order valence-corrected chi connectivity index (χ2v) is 9.71. The van der Waals surface area contributed by atoms with E-state index in [4.69, 9.17) is 20.9 Å². The molecule has 2 fully saturated rings. The Morgan fingerprint density at radius 3 is 1.32 bits per heavy atom. The predicted molar refractivity (Wildman–Crippen MR) is 149 cm³/mol. The molecule has 2 aromatic rings. The van der Waals surface area contributed by atoms with Crippen molar-refractivity contribution in [3.8, 4) is 0 Å². The molecular formula is C28H36N6O6. The van der Waals surface area contributed by atoms with Crippen LogP contribution in [0.4, 0.5) is 21.0 Å². The van der Waals surface area contributed by atoms with Crippen molar-refractivity contribution in [3.63, 3.8) is 0 Å². The Morgan fingerprint density at radius 1 is 0.600 bits per heavy atom. The number of hydrogen-bond donors (Lipinski definition) is 2. The number of nitrogens with zero attached hydrogens (tertiary/aromatic N) is 4. The van der Waals surface area contributed by atoms with Crippen molar-refractivity contribution >= 4 is 35.4 Å². The number of amides is 4. The first kappa shape index (κ1) is 28.5. The Balaban J connectivity index is 1.07. The van der Waals surface area contributed by atoms with Crippen molar-refractivity contribution in [3.05, 3.63) is 59.7 Å². The number of carbonyl (C=O) groups excluding carboxylic acids is 4. The van der Waals surface area contributed by atoms with Gasteiger partial charge in [0.2, 0.25) is 11.8 Å².